The van der Waals surface area contributed by atoms with Crippen LogP contribution in [0.25, 0.3) is 0 Å². The molecule has 7 nitrogen and oxygen atoms in total. The number of rotatable bonds is 6. The minimum atomic E-state index is -1.06. The van der Waals surface area contributed by atoms with E-state index in [9.17, 15) is 9.90 Å². The van der Waals surface area contributed by atoms with Crippen molar-refractivity contribution in [3.8, 4) is 0 Å². The summed E-state index contributed by atoms with van der Waals surface area (Å²) in [6, 6.07) is 18.3. The van der Waals surface area contributed by atoms with Gasteiger partial charge in [0.05, 0.1) is 12.2 Å². The summed E-state index contributed by atoms with van der Waals surface area (Å²) in [6.45, 7) is 3.72. The molecular formula is C23H26O7. The van der Waals surface area contributed by atoms with Crippen LogP contribution in [-0.4, -0.2) is 54.2 Å². The van der Waals surface area contributed by atoms with Crippen molar-refractivity contribution >= 4 is 5.97 Å². The molecule has 4 rings (SSSR count). The van der Waals surface area contributed by atoms with Crippen LogP contribution in [0.4, 0.5) is 0 Å². The fourth-order valence-corrected chi connectivity index (χ4v) is 3.66. The molecule has 0 saturated carbocycles. The Hall–Kier alpha value is -2.29. The topological polar surface area (TPSA) is 83.5 Å². The molecule has 160 valence electrons. The smallest absolute Gasteiger partial charge is 0.338 e. The summed E-state index contributed by atoms with van der Waals surface area (Å²) in [5.41, 5.74) is 1.40. The lowest BCUT2D eigenvalue weighted by molar-refractivity contribution is -0.265. The van der Waals surface area contributed by atoms with Gasteiger partial charge in [0.2, 0.25) is 0 Å². The van der Waals surface area contributed by atoms with Gasteiger partial charge in [-0.25, -0.2) is 4.79 Å². The Bertz CT molecular complexity index is 839. The van der Waals surface area contributed by atoms with E-state index in [4.69, 9.17) is 23.7 Å². The molecule has 0 radical (unpaired) electrons. The Labute approximate surface area is 175 Å². The van der Waals surface area contributed by atoms with Crippen LogP contribution < -0.4 is 0 Å². The van der Waals surface area contributed by atoms with Crippen LogP contribution in [0.2, 0.25) is 0 Å². The van der Waals surface area contributed by atoms with Crippen LogP contribution in [-0.2, 0) is 30.3 Å². The van der Waals surface area contributed by atoms with Gasteiger partial charge in [-0.1, -0.05) is 48.5 Å². The van der Waals surface area contributed by atoms with E-state index >= 15 is 0 Å². The Kier molecular flexibility index (Phi) is 6.17. The molecule has 0 bridgehead atoms. The minimum absolute atomic E-state index is 0.132. The fourth-order valence-electron chi connectivity index (χ4n) is 3.66. The van der Waals surface area contributed by atoms with Crippen molar-refractivity contribution in [3.63, 3.8) is 0 Å². The van der Waals surface area contributed by atoms with Gasteiger partial charge < -0.3 is 28.8 Å². The van der Waals surface area contributed by atoms with Gasteiger partial charge in [-0.2, -0.15) is 0 Å². The van der Waals surface area contributed by atoms with Crippen LogP contribution in [0.3, 0.4) is 0 Å². The zero-order chi connectivity index (χ0) is 21.1. The first kappa shape index (κ1) is 21.0. The number of esters is 1. The fraction of sp³-hybridized carbons (Fsp3) is 0.435. The predicted molar refractivity (Wildman–Crippen MR) is 106 cm³/mol. The Morgan fingerprint density at radius 1 is 1.03 bits per heavy atom. The highest BCUT2D eigenvalue weighted by molar-refractivity contribution is 5.89. The Morgan fingerprint density at radius 2 is 1.70 bits per heavy atom. The number of aliphatic hydroxyl groups is 1. The summed E-state index contributed by atoms with van der Waals surface area (Å²) in [5, 5.41) is 10.9. The number of carbonyl (C=O) groups excluding carboxylic acids is 1. The number of carbonyl (C=O) groups is 1. The van der Waals surface area contributed by atoms with Gasteiger partial charge in [0.1, 0.15) is 31.0 Å². The van der Waals surface area contributed by atoms with Gasteiger partial charge in [-0.15, -0.1) is 0 Å². The van der Waals surface area contributed by atoms with Gasteiger partial charge in [0, 0.05) is 0 Å². The largest absolute Gasteiger partial charge is 0.459 e. The van der Waals surface area contributed by atoms with Crippen LogP contribution in [0.1, 0.15) is 29.8 Å². The standard InChI is InChI=1S/C23H26O7/c1-23(2)29-20-19(26-13-15-9-5-3-6-10-15)18(24)17(28-22(20)30-23)14-27-21(25)16-11-7-4-8-12-16/h3-12,17-20,22,24H,13-14H2,1-2H3/t17-,18-,19+,20-,22-/m1/s1. The third-order valence-electron chi connectivity index (χ3n) is 5.11. The summed E-state index contributed by atoms with van der Waals surface area (Å²) in [6.07, 6.45) is -3.90. The highest BCUT2D eigenvalue weighted by Crippen LogP contribution is 2.37. The van der Waals surface area contributed by atoms with Crippen LogP contribution in [0, 0.1) is 0 Å². The molecule has 5 atom stereocenters. The summed E-state index contributed by atoms with van der Waals surface area (Å²) in [7, 11) is 0. The summed E-state index contributed by atoms with van der Waals surface area (Å²) in [5.74, 6) is -1.36. The maximum atomic E-state index is 12.3. The Morgan fingerprint density at radius 3 is 2.40 bits per heavy atom. The molecule has 0 unspecified atom stereocenters. The predicted octanol–water partition coefficient (Wildman–Crippen LogP) is 2.67. The number of benzene rings is 2. The maximum absolute atomic E-state index is 12.3. The molecule has 2 aromatic carbocycles. The van der Waals surface area contributed by atoms with Gasteiger partial charge in [0.25, 0.3) is 0 Å². The molecule has 0 aromatic heterocycles. The van der Waals surface area contributed by atoms with Crippen molar-refractivity contribution in [2.75, 3.05) is 6.61 Å². The van der Waals surface area contributed by atoms with Crippen LogP contribution in [0.15, 0.2) is 60.7 Å². The molecule has 2 aromatic rings. The third-order valence-corrected chi connectivity index (χ3v) is 5.11. The van der Waals surface area contributed by atoms with Gasteiger partial charge in [-0.3, -0.25) is 0 Å². The monoisotopic (exact) mass is 414 g/mol. The first-order valence-electron chi connectivity index (χ1n) is 10.00. The second kappa shape index (κ2) is 8.83. The molecule has 1 N–H and O–H groups in total. The van der Waals surface area contributed by atoms with Crippen molar-refractivity contribution in [1.29, 1.82) is 0 Å². The molecule has 7 heteroatoms. The molecule has 2 aliphatic rings. The molecule has 2 fully saturated rings. The molecule has 0 amide bonds. The lowest BCUT2D eigenvalue weighted by atomic mass is 9.99. The first-order valence-corrected chi connectivity index (χ1v) is 10.00. The zero-order valence-electron chi connectivity index (χ0n) is 17.0. The van der Waals surface area contributed by atoms with Gasteiger partial charge in [-0.05, 0) is 31.5 Å². The first-order chi connectivity index (χ1) is 14.4. The highest BCUT2D eigenvalue weighted by atomic mass is 16.8. The van der Waals surface area contributed by atoms with E-state index < -0.39 is 42.5 Å². The van der Waals surface area contributed by atoms with E-state index in [0.29, 0.717) is 12.2 Å². The molecule has 0 aliphatic carbocycles. The average Bonchev–Trinajstić information content (AvgIpc) is 3.06. The normalized spacial score (nSPS) is 29.9. The lowest BCUT2D eigenvalue weighted by Gasteiger charge is -2.39. The van der Waals surface area contributed by atoms with Crippen molar-refractivity contribution in [1.82, 2.24) is 0 Å². The molecule has 0 spiro atoms. The number of hydrogen-bond donors (Lipinski definition) is 1. The van der Waals surface area contributed by atoms with E-state index in [1.54, 1.807) is 38.1 Å². The van der Waals surface area contributed by atoms with Crippen LogP contribution in [0.5, 0.6) is 0 Å². The third kappa shape index (κ3) is 4.71. The van der Waals surface area contributed by atoms with Crippen molar-refractivity contribution in [2.24, 2.45) is 0 Å². The minimum Gasteiger partial charge on any atom is -0.459 e. The quantitative estimate of drug-likeness (QED) is 0.728. The van der Waals surface area contributed by atoms with E-state index in [0.717, 1.165) is 5.56 Å². The van der Waals surface area contributed by atoms with E-state index in [2.05, 4.69) is 0 Å². The average molecular weight is 414 g/mol. The molecular weight excluding hydrogens is 388 g/mol. The van der Waals surface area contributed by atoms with E-state index in [-0.39, 0.29) is 6.61 Å². The second-order valence-electron chi connectivity index (χ2n) is 7.86. The molecule has 2 heterocycles. The number of fused-ring (bicyclic) bond motifs is 1. The summed E-state index contributed by atoms with van der Waals surface area (Å²) < 4.78 is 29.0. The number of aliphatic hydroxyl groups excluding tert-OH is 1. The van der Waals surface area contributed by atoms with Gasteiger partial charge in [0.15, 0.2) is 12.1 Å². The summed E-state index contributed by atoms with van der Waals surface area (Å²) in [4.78, 5) is 12.3. The number of hydrogen-bond acceptors (Lipinski definition) is 7. The van der Waals surface area contributed by atoms with Crippen molar-refractivity contribution in [2.45, 2.75) is 56.9 Å². The van der Waals surface area contributed by atoms with Crippen molar-refractivity contribution < 1.29 is 33.6 Å². The second-order valence-corrected chi connectivity index (χ2v) is 7.86. The maximum Gasteiger partial charge on any atom is 0.338 e. The zero-order valence-corrected chi connectivity index (χ0v) is 17.0. The summed E-state index contributed by atoms with van der Waals surface area (Å²) >= 11 is 0. The van der Waals surface area contributed by atoms with E-state index in [1.807, 2.05) is 36.4 Å². The van der Waals surface area contributed by atoms with Crippen molar-refractivity contribution in [3.05, 3.63) is 71.8 Å². The van der Waals surface area contributed by atoms with Gasteiger partial charge >= 0.3 is 5.97 Å². The lowest BCUT2D eigenvalue weighted by Crippen LogP contribution is -2.58. The molecule has 30 heavy (non-hydrogen) atoms. The Balaban J connectivity index is 1.44. The number of ether oxygens (including phenoxy) is 5. The highest BCUT2D eigenvalue weighted by Gasteiger charge is 2.55. The molecule has 2 aliphatic heterocycles. The van der Waals surface area contributed by atoms with Crippen LogP contribution >= 0.6 is 0 Å². The SMILES string of the molecule is CC1(C)O[C@H]2O[C@H](COC(=O)c3ccccc3)[C@@H](O)[C@H](OCc3ccccc3)[C@H]2O1. The van der Waals surface area contributed by atoms with E-state index in [1.165, 1.54) is 0 Å². The molecule has 2 saturated heterocycles.